The molecule has 0 saturated heterocycles. The lowest BCUT2D eigenvalue weighted by molar-refractivity contribution is -0.137. The summed E-state index contributed by atoms with van der Waals surface area (Å²) in [5.74, 6) is -0.245. The van der Waals surface area contributed by atoms with E-state index in [0.29, 0.717) is 0 Å². The number of hydrogen-bond donors (Lipinski definition) is 2. The largest absolute Gasteiger partial charge is 0.469 e. The van der Waals surface area contributed by atoms with Gasteiger partial charge < -0.3 is 4.74 Å². The van der Waals surface area contributed by atoms with Crippen LogP contribution in [0.5, 0.6) is 0 Å². The number of carbonyl (C=O) groups excluding carboxylic acids is 1. The lowest BCUT2D eigenvalue weighted by Crippen LogP contribution is -1.89. The van der Waals surface area contributed by atoms with E-state index in [4.69, 9.17) is 17.5 Å². The highest BCUT2D eigenvalue weighted by Crippen LogP contribution is 1.60. The molecule has 0 saturated carbocycles. The van der Waals surface area contributed by atoms with Crippen LogP contribution in [0.4, 0.5) is 0 Å². The highest BCUT2D eigenvalue weighted by Gasteiger charge is 1.84. The zero-order chi connectivity index (χ0) is 8.78. The lowest BCUT2D eigenvalue weighted by atomic mass is 10.8. The molecule has 0 spiro atoms. The van der Waals surface area contributed by atoms with Gasteiger partial charge in [-0.2, -0.15) is 8.42 Å². The molecule has 0 aromatic heterocycles. The van der Waals surface area contributed by atoms with E-state index in [1.165, 1.54) is 14.0 Å². The maximum absolute atomic E-state index is 9.59. The van der Waals surface area contributed by atoms with E-state index in [0.717, 1.165) is 0 Å². The van der Waals surface area contributed by atoms with Crippen LogP contribution in [0, 0.1) is 0 Å². The van der Waals surface area contributed by atoms with Crippen LogP contribution in [0.3, 0.4) is 0 Å². The Labute approximate surface area is 58.4 Å². The molecule has 0 heterocycles. The molecule has 0 rings (SSSR count). The zero-order valence-electron chi connectivity index (χ0n) is 5.44. The summed E-state index contributed by atoms with van der Waals surface area (Å²) in [4.78, 5) is 9.59. The SMILES string of the molecule is COC(C)=O.O=S(=O)(O)O. The van der Waals surface area contributed by atoms with Gasteiger partial charge in [-0.3, -0.25) is 13.9 Å². The van der Waals surface area contributed by atoms with Crippen molar-refractivity contribution in [1.29, 1.82) is 0 Å². The average Bonchev–Trinajstić information content (AvgIpc) is 1.61. The monoisotopic (exact) mass is 172 g/mol. The number of ether oxygens (including phenoxy) is 1. The van der Waals surface area contributed by atoms with Crippen LogP contribution < -0.4 is 0 Å². The maximum atomic E-state index is 9.59. The number of methoxy groups -OCH3 is 1. The third-order valence-corrected chi connectivity index (χ3v) is 0.287. The van der Waals surface area contributed by atoms with Gasteiger partial charge in [0.25, 0.3) is 0 Å². The highest BCUT2D eigenvalue weighted by atomic mass is 32.3. The molecule has 0 fully saturated rings. The predicted octanol–water partition coefficient (Wildman–Crippen LogP) is -0.473. The van der Waals surface area contributed by atoms with Gasteiger partial charge in [0, 0.05) is 6.92 Å². The quantitative estimate of drug-likeness (QED) is 0.378. The average molecular weight is 172 g/mol. The molecule has 0 aliphatic heterocycles. The van der Waals surface area contributed by atoms with E-state index in [1.54, 1.807) is 0 Å². The Kier molecular flexibility index (Phi) is 6.21. The van der Waals surface area contributed by atoms with Crippen molar-refractivity contribution < 1.29 is 27.1 Å². The number of rotatable bonds is 0. The first kappa shape index (κ1) is 12.1. The Hall–Kier alpha value is -0.660. The summed E-state index contributed by atoms with van der Waals surface area (Å²) in [7, 11) is -3.32. The van der Waals surface area contributed by atoms with E-state index in [9.17, 15) is 4.79 Å². The van der Waals surface area contributed by atoms with Crippen LogP contribution in [0.1, 0.15) is 6.92 Å². The molecule has 7 heteroatoms. The zero-order valence-corrected chi connectivity index (χ0v) is 6.25. The molecular formula is C3H8O6S. The van der Waals surface area contributed by atoms with Crippen molar-refractivity contribution in [2.45, 2.75) is 6.92 Å². The normalized spacial score (nSPS) is 9.20. The first-order valence-electron chi connectivity index (χ1n) is 2.01. The van der Waals surface area contributed by atoms with Crippen molar-refractivity contribution >= 4 is 16.4 Å². The molecule has 62 valence electrons. The number of hydrogen-bond acceptors (Lipinski definition) is 4. The molecule has 10 heavy (non-hydrogen) atoms. The molecule has 0 unspecified atom stereocenters. The van der Waals surface area contributed by atoms with Crippen molar-refractivity contribution in [3.8, 4) is 0 Å². The Morgan fingerprint density at radius 3 is 1.50 bits per heavy atom. The van der Waals surface area contributed by atoms with Gasteiger partial charge in [0.15, 0.2) is 0 Å². The predicted molar refractivity (Wildman–Crippen MR) is 31.9 cm³/mol. The molecule has 0 atom stereocenters. The second-order valence-electron chi connectivity index (χ2n) is 1.14. The van der Waals surface area contributed by atoms with Crippen molar-refractivity contribution in [2.24, 2.45) is 0 Å². The molecule has 0 aromatic carbocycles. The second kappa shape index (κ2) is 5.15. The molecule has 2 N–H and O–H groups in total. The Morgan fingerprint density at radius 1 is 1.40 bits per heavy atom. The van der Waals surface area contributed by atoms with E-state index in [2.05, 4.69) is 4.74 Å². The fourth-order valence-corrected chi connectivity index (χ4v) is 0. The van der Waals surface area contributed by atoms with Crippen LogP contribution in [0.25, 0.3) is 0 Å². The van der Waals surface area contributed by atoms with Crippen LogP contribution in [0.15, 0.2) is 0 Å². The summed E-state index contributed by atoms with van der Waals surface area (Å²) >= 11 is 0. The topological polar surface area (TPSA) is 101 Å². The van der Waals surface area contributed by atoms with Gasteiger partial charge in [-0.05, 0) is 0 Å². The standard InChI is InChI=1S/C3H6O2.H2O4S/c1-3(4)5-2;1-5(2,3)4/h1-2H3;(H2,1,2,3,4). The molecule has 0 radical (unpaired) electrons. The minimum absolute atomic E-state index is 0.245. The summed E-state index contributed by atoms with van der Waals surface area (Å²) in [5.41, 5.74) is 0. The first-order chi connectivity index (χ1) is 4.27. The van der Waals surface area contributed by atoms with Gasteiger partial charge in [-0.25, -0.2) is 0 Å². The van der Waals surface area contributed by atoms with Gasteiger partial charge in [0.1, 0.15) is 0 Å². The van der Waals surface area contributed by atoms with Crippen LogP contribution in [-0.2, 0) is 19.9 Å². The van der Waals surface area contributed by atoms with Crippen molar-refractivity contribution in [3.63, 3.8) is 0 Å². The van der Waals surface area contributed by atoms with Crippen LogP contribution in [0.2, 0.25) is 0 Å². The van der Waals surface area contributed by atoms with Gasteiger partial charge in [-0.15, -0.1) is 0 Å². The van der Waals surface area contributed by atoms with Crippen LogP contribution >= 0.6 is 0 Å². The lowest BCUT2D eigenvalue weighted by Gasteiger charge is -1.80. The van der Waals surface area contributed by atoms with Crippen molar-refractivity contribution in [3.05, 3.63) is 0 Å². The summed E-state index contributed by atoms with van der Waals surface area (Å²) in [6, 6.07) is 0. The summed E-state index contributed by atoms with van der Waals surface area (Å²) in [6.45, 7) is 1.36. The Morgan fingerprint density at radius 2 is 1.50 bits per heavy atom. The molecule has 6 nitrogen and oxygen atoms in total. The van der Waals surface area contributed by atoms with E-state index < -0.39 is 10.4 Å². The van der Waals surface area contributed by atoms with Gasteiger partial charge in [-0.1, -0.05) is 0 Å². The Balaban J connectivity index is 0. The van der Waals surface area contributed by atoms with E-state index in [1.807, 2.05) is 0 Å². The Bertz CT molecular complexity index is 171. The smallest absolute Gasteiger partial charge is 0.394 e. The van der Waals surface area contributed by atoms with Gasteiger partial charge >= 0.3 is 16.4 Å². The van der Waals surface area contributed by atoms with Crippen LogP contribution in [-0.4, -0.2) is 30.6 Å². The fraction of sp³-hybridized carbons (Fsp3) is 0.667. The molecule has 0 aromatic rings. The first-order valence-corrected chi connectivity index (χ1v) is 3.41. The molecule has 0 aliphatic carbocycles. The van der Waals surface area contributed by atoms with Crippen molar-refractivity contribution in [2.75, 3.05) is 7.11 Å². The maximum Gasteiger partial charge on any atom is 0.394 e. The summed E-state index contributed by atoms with van der Waals surface area (Å²) in [6.07, 6.45) is 0. The molecule has 0 aliphatic rings. The minimum Gasteiger partial charge on any atom is -0.469 e. The number of carbonyl (C=O) groups is 1. The molecule has 0 bridgehead atoms. The van der Waals surface area contributed by atoms with Gasteiger partial charge in [0.05, 0.1) is 7.11 Å². The number of esters is 1. The second-order valence-corrected chi connectivity index (χ2v) is 2.04. The fourth-order valence-electron chi connectivity index (χ4n) is 0. The molecule has 0 amide bonds. The third kappa shape index (κ3) is 164. The summed E-state index contributed by atoms with van der Waals surface area (Å²) < 4.78 is 35.7. The summed E-state index contributed by atoms with van der Waals surface area (Å²) in [5, 5.41) is 0. The minimum atomic E-state index is -4.67. The molecular weight excluding hydrogens is 164 g/mol. The van der Waals surface area contributed by atoms with Gasteiger partial charge in [0.2, 0.25) is 0 Å². The van der Waals surface area contributed by atoms with E-state index in [-0.39, 0.29) is 5.97 Å². The highest BCUT2D eigenvalue weighted by molar-refractivity contribution is 7.79. The third-order valence-electron chi connectivity index (χ3n) is 0.287. The van der Waals surface area contributed by atoms with Crippen molar-refractivity contribution in [1.82, 2.24) is 0 Å². The van der Waals surface area contributed by atoms with E-state index >= 15 is 0 Å².